The highest BCUT2D eigenvalue weighted by molar-refractivity contribution is 5.73. The lowest BCUT2D eigenvalue weighted by Gasteiger charge is -2.10. The van der Waals surface area contributed by atoms with E-state index in [1.54, 1.807) is 0 Å². The Balaban J connectivity index is 1.86. The molecule has 21 heavy (non-hydrogen) atoms. The number of H-pyrrole nitrogens is 2. The van der Waals surface area contributed by atoms with Crippen LogP contribution in [0.15, 0.2) is 24.3 Å². The molecule has 0 radical (unpaired) electrons. The van der Waals surface area contributed by atoms with E-state index in [2.05, 4.69) is 30.7 Å². The van der Waals surface area contributed by atoms with E-state index >= 15 is 0 Å². The average Bonchev–Trinajstić information content (AvgIpc) is 3.04. The van der Waals surface area contributed by atoms with Gasteiger partial charge < -0.3 is 5.32 Å². The molecule has 0 aliphatic carbocycles. The van der Waals surface area contributed by atoms with Gasteiger partial charge in [0.1, 0.15) is 5.82 Å². The van der Waals surface area contributed by atoms with Gasteiger partial charge in [0.2, 0.25) is 0 Å². The van der Waals surface area contributed by atoms with E-state index in [0.717, 1.165) is 28.5 Å². The zero-order valence-electron chi connectivity index (χ0n) is 12.4. The molecule has 2 aromatic heterocycles. The lowest BCUT2D eigenvalue weighted by Crippen LogP contribution is -2.03. The normalized spacial score (nSPS) is 10.8. The summed E-state index contributed by atoms with van der Waals surface area (Å²) in [6.45, 7) is 6.64. The largest absolute Gasteiger partial charge is 0.380 e. The third-order valence-electron chi connectivity index (χ3n) is 3.50. The number of aromatic nitrogens is 5. The molecule has 6 heteroatoms. The molecular weight excluding hydrogens is 264 g/mol. The van der Waals surface area contributed by atoms with E-state index in [9.17, 15) is 0 Å². The van der Waals surface area contributed by atoms with Crippen LogP contribution in [0.1, 0.15) is 22.8 Å². The molecule has 0 saturated carbocycles. The monoisotopic (exact) mass is 282 g/mol. The summed E-state index contributed by atoms with van der Waals surface area (Å²) in [5.41, 5.74) is 5.30. The van der Waals surface area contributed by atoms with Crippen LogP contribution in [0.3, 0.4) is 0 Å². The lowest BCUT2D eigenvalue weighted by molar-refractivity contribution is 1.02. The van der Waals surface area contributed by atoms with Crippen molar-refractivity contribution in [2.45, 2.75) is 27.3 Å². The second-order valence-electron chi connectivity index (χ2n) is 5.06. The van der Waals surface area contributed by atoms with Gasteiger partial charge in [0.05, 0.1) is 5.69 Å². The van der Waals surface area contributed by atoms with Crippen LogP contribution in [0.4, 0.5) is 5.69 Å². The van der Waals surface area contributed by atoms with Crippen molar-refractivity contribution in [2.75, 3.05) is 5.32 Å². The molecule has 3 aromatic rings. The van der Waals surface area contributed by atoms with E-state index in [-0.39, 0.29) is 0 Å². The quantitative estimate of drug-likeness (QED) is 0.687. The van der Waals surface area contributed by atoms with Crippen LogP contribution in [-0.4, -0.2) is 25.4 Å². The van der Waals surface area contributed by atoms with Crippen LogP contribution in [0.2, 0.25) is 0 Å². The van der Waals surface area contributed by atoms with Gasteiger partial charge in [-0.2, -0.15) is 10.2 Å². The number of hydrogen-bond donors (Lipinski definition) is 3. The predicted octanol–water partition coefficient (Wildman–Crippen LogP) is 2.73. The van der Waals surface area contributed by atoms with Crippen LogP contribution in [0.5, 0.6) is 0 Å². The minimum atomic E-state index is 0.705. The van der Waals surface area contributed by atoms with Gasteiger partial charge in [-0.05, 0) is 32.9 Å². The first-order valence-corrected chi connectivity index (χ1v) is 6.88. The van der Waals surface area contributed by atoms with Gasteiger partial charge in [0, 0.05) is 29.1 Å². The number of para-hydroxylation sites is 1. The molecule has 0 bridgehead atoms. The molecule has 0 spiro atoms. The van der Waals surface area contributed by atoms with Crippen LogP contribution < -0.4 is 5.32 Å². The van der Waals surface area contributed by atoms with Gasteiger partial charge in [-0.3, -0.25) is 10.2 Å². The number of hydrogen-bond acceptors (Lipinski definition) is 4. The first-order valence-electron chi connectivity index (χ1n) is 6.88. The van der Waals surface area contributed by atoms with Crippen LogP contribution in [0, 0.1) is 20.8 Å². The smallest absolute Gasteiger partial charge is 0.183 e. The summed E-state index contributed by atoms with van der Waals surface area (Å²) in [6, 6.07) is 8.03. The summed E-state index contributed by atoms with van der Waals surface area (Å²) in [5.74, 6) is 1.51. The van der Waals surface area contributed by atoms with Gasteiger partial charge >= 0.3 is 0 Å². The Morgan fingerprint density at radius 2 is 1.86 bits per heavy atom. The van der Waals surface area contributed by atoms with Crippen molar-refractivity contribution in [1.29, 1.82) is 0 Å². The van der Waals surface area contributed by atoms with E-state index in [1.807, 2.05) is 45.0 Å². The summed E-state index contributed by atoms with van der Waals surface area (Å²) in [7, 11) is 0. The Kier molecular flexibility index (Phi) is 3.43. The van der Waals surface area contributed by atoms with Crippen LogP contribution in [0.25, 0.3) is 11.4 Å². The van der Waals surface area contributed by atoms with Crippen molar-refractivity contribution in [1.82, 2.24) is 25.4 Å². The SMILES string of the molecule is Cc1nc(-c2ccccc2NCc2c(C)n[nH]c2C)n[nH]1. The third-order valence-corrected chi connectivity index (χ3v) is 3.50. The molecule has 1 aromatic carbocycles. The maximum Gasteiger partial charge on any atom is 0.183 e. The first-order chi connectivity index (χ1) is 10.1. The van der Waals surface area contributed by atoms with Gasteiger partial charge in [-0.15, -0.1) is 0 Å². The van der Waals surface area contributed by atoms with Crippen molar-refractivity contribution in [3.8, 4) is 11.4 Å². The fraction of sp³-hybridized carbons (Fsp3) is 0.267. The first kappa shape index (κ1) is 13.4. The molecule has 0 saturated heterocycles. The molecule has 3 rings (SSSR count). The van der Waals surface area contributed by atoms with Gasteiger partial charge in [0.15, 0.2) is 5.82 Å². The molecule has 0 unspecified atom stereocenters. The minimum Gasteiger partial charge on any atom is -0.380 e. The molecule has 0 amide bonds. The molecule has 0 aliphatic rings. The molecule has 0 fully saturated rings. The molecule has 0 aliphatic heterocycles. The number of aromatic amines is 2. The molecule has 6 nitrogen and oxygen atoms in total. The predicted molar refractivity (Wildman–Crippen MR) is 81.9 cm³/mol. The minimum absolute atomic E-state index is 0.705. The van der Waals surface area contributed by atoms with Crippen molar-refractivity contribution in [3.63, 3.8) is 0 Å². The zero-order valence-corrected chi connectivity index (χ0v) is 12.4. The van der Waals surface area contributed by atoms with Gasteiger partial charge in [-0.25, -0.2) is 4.98 Å². The van der Waals surface area contributed by atoms with Crippen molar-refractivity contribution < 1.29 is 0 Å². The molecule has 108 valence electrons. The molecule has 0 atom stereocenters. The zero-order chi connectivity index (χ0) is 14.8. The molecule has 2 heterocycles. The highest BCUT2D eigenvalue weighted by Gasteiger charge is 2.11. The number of benzene rings is 1. The van der Waals surface area contributed by atoms with E-state index in [4.69, 9.17) is 0 Å². The standard InChI is InChI=1S/C15H18N6/c1-9-13(10(2)19-18-9)8-16-14-7-5-4-6-12(14)15-17-11(3)20-21-15/h4-7,16H,8H2,1-3H3,(H,18,19)(H,17,20,21). The number of anilines is 1. The Morgan fingerprint density at radius 3 is 2.52 bits per heavy atom. The third kappa shape index (κ3) is 2.65. The maximum atomic E-state index is 4.40. The van der Waals surface area contributed by atoms with Crippen LogP contribution >= 0.6 is 0 Å². The fourth-order valence-electron chi connectivity index (χ4n) is 2.31. The summed E-state index contributed by atoms with van der Waals surface area (Å²) in [5, 5.41) is 17.8. The Hall–Kier alpha value is -2.63. The van der Waals surface area contributed by atoms with Gasteiger partial charge in [-0.1, -0.05) is 12.1 Å². The summed E-state index contributed by atoms with van der Waals surface area (Å²) < 4.78 is 0. The highest BCUT2D eigenvalue weighted by atomic mass is 15.2. The second-order valence-corrected chi connectivity index (χ2v) is 5.06. The van der Waals surface area contributed by atoms with Gasteiger partial charge in [0.25, 0.3) is 0 Å². The van der Waals surface area contributed by atoms with E-state index in [0.29, 0.717) is 12.4 Å². The van der Waals surface area contributed by atoms with E-state index < -0.39 is 0 Å². The maximum absolute atomic E-state index is 4.40. The second kappa shape index (κ2) is 5.40. The molecular formula is C15H18N6. The van der Waals surface area contributed by atoms with E-state index in [1.165, 1.54) is 5.56 Å². The summed E-state index contributed by atoms with van der Waals surface area (Å²) in [6.07, 6.45) is 0. The topological polar surface area (TPSA) is 82.3 Å². The Morgan fingerprint density at radius 1 is 1.05 bits per heavy atom. The number of nitrogens with zero attached hydrogens (tertiary/aromatic N) is 3. The summed E-state index contributed by atoms with van der Waals surface area (Å²) in [4.78, 5) is 4.40. The average molecular weight is 282 g/mol. The number of rotatable bonds is 4. The highest BCUT2D eigenvalue weighted by Crippen LogP contribution is 2.25. The van der Waals surface area contributed by atoms with Crippen molar-refractivity contribution >= 4 is 5.69 Å². The van der Waals surface area contributed by atoms with Crippen LogP contribution in [-0.2, 0) is 6.54 Å². The molecule has 3 N–H and O–H groups in total. The van der Waals surface area contributed by atoms with Crippen molar-refractivity contribution in [3.05, 3.63) is 47.0 Å². The Bertz CT molecular complexity index is 736. The Labute approximate surface area is 123 Å². The lowest BCUT2D eigenvalue weighted by atomic mass is 10.1. The van der Waals surface area contributed by atoms with Crippen molar-refractivity contribution in [2.24, 2.45) is 0 Å². The number of aryl methyl sites for hydroxylation is 3. The summed E-state index contributed by atoms with van der Waals surface area (Å²) >= 11 is 0. The number of nitrogens with one attached hydrogen (secondary N) is 3. The fourth-order valence-corrected chi connectivity index (χ4v) is 2.31.